The normalized spacial score (nSPS) is 10.9. The molecule has 2 aromatic carbocycles. The van der Waals surface area contributed by atoms with Crippen molar-refractivity contribution in [1.82, 2.24) is 20.4 Å². The second-order valence-electron chi connectivity index (χ2n) is 6.69. The number of hydrogen-bond donors (Lipinski definition) is 2. The van der Waals surface area contributed by atoms with Crippen molar-refractivity contribution in [2.45, 2.75) is 20.4 Å². The fourth-order valence-corrected chi connectivity index (χ4v) is 3.17. The van der Waals surface area contributed by atoms with Crippen LogP contribution in [0.5, 0.6) is 5.75 Å². The molecule has 1 aromatic heterocycles. The summed E-state index contributed by atoms with van der Waals surface area (Å²) in [6, 6.07) is 17.5. The molecule has 0 radical (unpaired) electrons. The maximum Gasteiger partial charge on any atom is 0.255 e. The van der Waals surface area contributed by atoms with Gasteiger partial charge in [-0.2, -0.15) is 5.10 Å². The number of para-hydroxylation sites is 1. The summed E-state index contributed by atoms with van der Waals surface area (Å²) >= 11 is 0. The molecule has 3 rings (SSSR count). The highest BCUT2D eigenvalue weighted by Crippen LogP contribution is 2.21. The molecule has 0 spiro atoms. The van der Waals surface area contributed by atoms with Gasteiger partial charge in [-0.25, -0.2) is 0 Å². The molecule has 29 heavy (non-hydrogen) atoms. The van der Waals surface area contributed by atoms with Crippen LogP contribution in [0.3, 0.4) is 0 Å². The number of amides is 1. The van der Waals surface area contributed by atoms with Gasteiger partial charge in [-0.15, -0.1) is 0 Å². The summed E-state index contributed by atoms with van der Waals surface area (Å²) in [5, 5.41) is 9.96. The first-order chi connectivity index (χ1) is 14.2. The highest BCUT2D eigenvalue weighted by Gasteiger charge is 2.15. The summed E-state index contributed by atoms with van der Waals surface area (Å²) in [5.74, 6) is 0.631. The molecule has 1 amide bonds. The predicted octanol–water partition coefficient (Wildman–Crippen LogP) is 3.73. The maximum atomic E-state index is 12.7. The smallest absolute Gasteiger partial charge is 0.255 e. The minimum absolute atomic E-state index is 0.171. The van der Waals surface area contributed by atoms with Gasteiger partial charge >= 0.3 is 0 Å². The van der Waals surface area contributed by atoms with E-state index in [0.717, 1.165) is 36.5 Å². The molecule has 6 heteroatoms. The lowest BCUT2D eigenvalue weighted by atomic mass is 10.1. The Bertz CT molecular complexity index is 904. The molecule has 0 unspecified atom stereocenters. The average molecular weight is 393 g/mol. The largest absolute Gasteiger partial charge is 0.492 e. The fourth-order valence-electron chi connectivity index (χ4n) is 3.17. The number of aromatic amines is 1. The summed E-state index contributed by atoms with van der Waals surface area (Å²) in [6.45, 7) is 8.19. The van der Waals surface area contributed by atoms with Gasteiger partial charge in [0.2, 0.25) is 0 Å². The zero-order valence-corrected chi connectivity index (χ0v) is 17.0. The summed E-state index contributed by atoms with van der Waals surface area (Å²) in [5.41, 5.74) is 3.11. The number of hydrogen-bond acceptors (Lipinski definition) is 4. The quantitative estimate of drug-likeness (QED) is 0.552. The third-order valence-corrected chi connectivity index (χ3v) is 4.92. The Labute approximate surface area is 171 Å². The number of rotatable bonds is 10. The summed E-state index contributed by atoms with van der Waals surface area (Å²) in [4.78, 5) is 15.1. The van der Waals surface area contributed by atoms with Gasteiger partial charge in [0.05, 0.1) is 17.5 Å². The number of nitrogens with zero attached hydrogens (tertiary/aromatic N) is 2. The predicted molar refractivity (Wildman–Crippen MR) is 115 cm³/mol. The van der Waals surface area contributed by atoms with Crippen LogP contribution in [-0.2, 0) is 6.54 Å². The van der Waals surface area contributed by atoms with Crippen LogP contribution in [0.15, 0.2) is 60.8 Å². The van der Waals surface area contributed by atoms with Gasteiger partial charge in [0, 0.05) is 24.2 Å². The van der Waals surface area contributed by atoms with Gasteiger partial charge in [-0.1, -0.05) is 62.4 Å². The van der Waals surface area contributed by atoms with Crippen LogP contribution >= 0.6 is 0 Å². The third kappa shape index (κ3) is 5.45. The number of aromatic nitrogens is 2. The zero-order chi connectivity index (χ0) is 20.5. The van der Waals surface area contributed by atoms with Crippen molar-refractivity contribution in [3.63, 3.8) is 0 Å². The number of H-pyrrole nitrogens is 1. The minimum Gasteiger partial charge on any atom is -0.492 e. The monoisotopic (exact) mass is 392 g/mol. The highest BCUT2D eigenvalue weighted by molar-refractivity contribution is 5.99. The first kappa shape index (κ1) is 20.6. The zero-order valence-electron chi connectivity index (χ0n) is 17.0. The number of likely N-dealkylation sites (N-methyl/N-ethyl adjacent to an activating group) is 1. The van der Waals surface area contributed by atoms with E-state index >= 15 is 0 Å². The Morgan fingerprint density at radius 2 is 1.79 bits per heavy atom. The van der Waals surface area contributed by atoms with E-state index in [0.29, 0.717) is 24.4 Å². The number of nitrogens with one attached hydrogen (secondary N) is 2. The topological polar surface area (TPSA) is 70.2 Å². The molecule has 0 aliphatic carbocycles. The molecule has 0 saturated carbocycles. The minimum atomic E-state index is -0.171. The third-order valence-electron chi connectivity index (χ3n) is 4.92. The Morgan fingerprint density at radius 1 is 1.07 bits per heavy atom. The summed E-state index contributed by atoms with van der Waals surface area (Å²) < 4.78 is 5.98. The van der Waals surface area contributed by atoms with Gasteiger partial charge in [-0.05, 0) is 19.2 Å². The second kappa shape index (κ2) is 10.4. The number of carbonyl (C=O) groups excluding carboxylic acids is 1. The summed E-state index contributed by atoms with van der Waals surface area (Å²) in [7, 11) is 0. The SMILES string of the molecule is CCN(CC)CCOc1ccccc1CNC(=O)c1cn[nH]c1-c1ccccc1. The molecule has 6 nitrogen and oxygen atoms in total. The van der Waals surface area contributed by atoms with Crippen molar-refractivity contribution in [2.75, 3.05) is 26.2 Å². The van der Waals surface area contributed by atoms with Crippen molar-refractivity contribution in [1.29, 1.82) is 0 Å². The Morgan fingerprint density at radius 3 is 2.55 bits per heavy atom. The van der Waals surface area contributed by atoms with Crippen molar-refractivity contribution in [2.24, 2.45) is 0 Å². The van der Waals surface area contributed by atoms with Crippen molar-refractivity contribution in [3.05, 3.63) is 71.9 Å². The van der Waals surface area contributed by atoms with E-state index in [1.54, 1.807) is 6.20 Å². The van der Waals surface area contributed by atoms with Crippen molar-refractivity contribution in [3.8, 4) is 17.0 Å². The van der Waals surface area contributed by atoms with E-state index in [1.807, 2.05) is 54.6 Å². The van der Waals surface area contributed by atoms with Gasteiger partial charge < -0.3 is 15.0 Å². The lowest BCUT2D eigenvalue weighted by molar-refractivity contribution is 0.0951. The maximum absolute atomic E-state index is 12.7. The van der Waals surface area contributed by atoms with Gasteiger partial charge in [-0.3, -0.25) is 9.89 Å². The van der Waals surface area contributed by atoms with E-state index in [2.05, 4.69) is 34.3 Å². The van der Waals surface area contributed by atoms with Gasteiger partial charge in [0.1, 0.15) is 12.4 Å². The van der Waals surface area contributed by atoms with Gasteiger partial charge in [0.15, 0.2) is 0 Å². The van der Waals surface area contributed by atoms with E-state index < -0.39 is 0 Å². The van der Waals surface area contributed by atoms with Crippen molar-refractivity contribution < 1.29 is 9.53 Å². The molecule has 0 aliphatic rings. The molecular formula is C23H28N4O2. The van der Waals surface area contributed by atoms with Crippen LogP contribution in [0.25, 0.3) is 11.3 Å². The Kier molecular flexibility index (Phi) is 7.41. The molecule has 152 valence electrons. The highest BCUT2D eigenvalue weighted by atomic mass is 16.5. The van der Waals surface area contributed by atoms with Crippen LogP contribution in [0.4, 0.5) is 0 Å². The van der Waals surface area contributed by atoms with Gasteiger partial charge in [0.25, 0.3) is 5.91 Å². The molecule has 1 heterocycles. The lowest BCUT2D eigenvalue weighted by Crippen LogP contribution is -2.28. The van der Waals surface area contributed by atoms with E-state index in [-0.39, 0.29) is 5.91 Å². The first-order valence-corrected chi connectivity index (χ1v) is 10.0. The van der Waals surface area contributed by atoms with Crippen LogP contribution in [0, 0.1) is 0 Å². The molecule has 0 saturated heterocycles. The van der Waals surface area contributed by atoms with Crippen LogP contribution < -0.4 is 10.1 Å². The molecular weight excluding hydrogens is 364 g/mol. The van der Waals surface area contributed by atoms with Crippen LogP contribution in [0.1, 0.15) is 29.8 Å². The van der Waals surface area contributed by atoms with Crippen LogP contribution in [0.2, 0.25) is 0 Å². The Balaban J connectivity index is 1.62. The number of carbonyl (C=O) groups is 1. The standard InChI is InChI=1S/C23H28N4O2/c1-3-27(4-2)14-15-29-21-13-9-8-12-19(21)16-24-23(28)20-17-25-26-22(20)18-10-6-5-7-11-18/h5-13,17H,3-4,14-16H2,1-2H3,(H,24,28)(H,25,26). The Hall–Kier alpha value is -3.12. The van der Waals surface area contributed by atoms with Crippen molar-refractivity contribution >= 4 is 5.91 Å². The number of benzene rings is 2. The lowest BCUT2D eigenvalue weighted by Gasteiger charge is -2.19. The molecule has 0 bridgehead atoms. The second-order valence-corrected chi connectivity index (χ2v) is 6.69. The fraction of sp³-hybridized carbons (Fsp3) is 0.304. The molecule has 2 N–H and O–H groups in total. The van der Waals surface area contributed by atoms with E-state index in [9.17, 15) is 4.79 Å². The van der Waals surface area contributed by atoms with E-state index in [4.69, 9.17) is 4.74 Å². The average Bonchev–Trinajstić information content (AvgIpc) is 3.26. The molecule has 0 aliphatic heterocycles. The molecule has 0 atom stereocenters. The van der Waals surface area contributed by atoms with E-state index in [1.165, 1.54) is 0 Å². The molecule has 0 fully saturated rings. The first-order valence-electron chi connectivity index (χ1n) is 10.0. The summed E-state index contributed by atoms with van der Waals surface area (Å²) in [6.07, 6.45) is 1.56. The van der Waals surface area contributed by atoms with Crippen LogP contribution in [-0.4, -0.2) is 47.2 Å². The number of ether oxygens (including phenoxy) is 1. The molecule has 3 aromatic rings.